The molecule has 0 saturated carbocycles. The Labute approximate surface area is 178 Å². The molecule has 0 bridgehead atoms. The average Bonchev–Trinajstić information content (AvgIpc) is 3.27. The Morgan fingerprint density at radius 2 is 1.18 bits per heavy atom. The average molecular weight is 453 g/mol. The molecule has 2 amide bonds. The zero-order chi connectivity index (χ0) is 19.9. The lowest BCUT2D eigenvalue weighted by atomic mass is 10.2. The van der Waals surface area contributed by atoms with Crippen LogP contribution in [0, 0.1) is 0 Å². The van der Waals surface area contributed by atoms with Crippen LogP contribution in [0.25, 0.3) is 0 Å². The van der Waals surface area contributed by atoms with E-state index < -0.39 is 0 Å². The fraction of sp³-hybridized carbons (Fsp3) is 0.250. The molecular formula is C16H16N6O2S4. The molecule has 8 nitrogen and oxygen atoms in total. The molecule has 2 N–H and O–H groups in total. The van der Waals surface area contributed by atoms with E-state index in [2.05, 4.69) is 55.3 Å². The number of thioether (sulfide) groups is 2. The molecule has 0 unspecified atom stereocenters. The molecule has 0 saturated heterocycles. The minimum absolute atomic E-state index is 0.152. The van der Waals surface area contributed by atoms with Gasteiger partial charge in [-0.2, -0.15) is 0 Å². The Morgan fingerprint density at radius 1 is 0.786 bits per heavy atom. The first kappa shape index (κ1) is 20.7. The summed E-state index contributed by atoms with van der Waals surface area (Å²) in [6, 6.07) is 8.34. The first-order valence-corrected chi connectivity index (χ1v) is 11.6. The lowest BCUT2D eigenvalue weighted by Gasteiger charge is -2.02. The second-order valence-electron chi connectivity index (χ2n) is 5.50. The zero-order valence-corrected chi connectivity index (χ0v) is 18.2. The first-order valence-electron chi connectivity index (χ1n) is 8.03. The van der Waals surface area contributed by atoms with Gasteiger partial charge in [-0.15, -0.1) is 20.4 Å². The molecule has 0 fully saturated rings. The maximum atomic E-state index is 11.0. The smallest absolute Gasteiger partial charge is 0.223 e. The monoisotopic (exact) mass is 452 g/mol. The van der Waals surface area contributed by atoms with E-state index in [1.165, 1.54) is 47.6 Å². The third kappa shape index (κ3) is 6.55. The summed E-state index contributed by atoms with van der Waals surface area (Å²) in [5.41, 5.74) is 2.36. The summed E-state index contributed by atoms with van der Waals surface area (Å²) in [5.74, 6) is 1.25. The van der Waals surface area contributed by atoms with Crippen LogP contribution in [0.1, 0.15) is 25.0 Å². The summed E-state index contributed by atoms with van der Waals surface area (Å²) in [6.07, 6.45) is 0. The van der Waals surface area contributed by atoms with Crippen molar-refractivity contribution in [2.24, 2.45) is 0 Å². The van der Waals surface area contributed by atoms with E-state index in [0.29, 0.717) is 10.3 Å². The molecule has 3 rings (SSSR count). The van der Waals surface area contributed by atoms with Crippen molar-refractivity contribution in [3.8, 4) is 0 Å². The molecule has 0 spiro atoms. The second kappa shape index (κ2) is 9.96. The number of nitrogens with one attached hydrogen (secondary N) is 2. The Balaban J connectivity index is 1.46. The van der Waals surface area contributed by atoms with Crippen molar-refractivity contribution >= 4 is 68.3 Å². The molecular weight excluding hydrogens is 436 g/mol. The highest BCUT2D eigenvalue weighted by atomic mass is 32.2. The van der Waals surface area contributed by atoms with Crippen molar-refractivity contribution in [1.82, 2.24) is 20.4 Å². The minimum atomic E-state index is -0.152. The van der Waals surface area contributed by atoms with Crippen LogP contribution in [-0.2, 0) is 21.1 Å². The van der Waals surface area contributed by atoms with Gasteiger partial charge in [-0.3, -0.25) is 9.59 Å². The summed E-state index contributed by atoms with van der Waals surface area (Å²) in [5, 5.41) is 22.3. The number of benzene rings is 1. The maximum Gasteiger partial charge on any atom is 0.223 e. The highest BCUT2D eigenvalue weighted by molar-refractivity contribution is 8.00. The van der Waals surface area contributed by atoms with Gasteiger partial charge in [0, 0.05) is 25.4 Å². The van der Waals surface area contributed by atoms with E-state index >= 15 is 0 Å². The summed E-state index contributed by atoms with van der Waals surface area (Å²) in [7, 11) is 0. The molecule has 2 heterocycles. The fourth-order valence-corrected chi connectivity index (χ4v) is 5.47. The largest absolute Gasteiger partial charge is 0.301 e. The number of nitrogens with zero attached hydrogens (tertiary/aromatic N) is 4. The van der Waals surface area contributed by atoms with Crippen LogP contribution in [0.2, 0.25) is 0 Å². The van der Waals surface area contributed by atoms with E-state index in [0.717, 1.165) is 20.2 Å². The number of anilines is 2. The van der Waals surface area contributed by atoms with Crippen molar-refractivity contribution < 1.29 is 9.59 Å². The van der Waals surface area contributed by atoms with Crippen LogP contribution in [0.5, 0.6) is 0 Å². The molecule has 0 aliphatic carbocycles. The molecule has 0 radical (unpaired) electrons. The molecule has 0 aliphatic heterocycles. The van der Waals surface area contributed by atoms with E-state index in [1.54, 1.807) is 23.5 Å². The van der Waals surface area contributed by atoms with Gasteiger partial charge < -0.3 is 10.6 Å². The lowest BCUT2D eigenvalue weighted by Crippen LogP contribution is -2.04. The first-order chi connectivity index (χ1) is 13.5. The van der Waals surface area contributed by atoms with Crippen molar-refractivity contribution in [3.05, 3.63) is 35.4 Å². The van der Waals surface area contributed by atoms with Gasteiger partial charge in [0.05, 0.1) is 0 Å². The molecule has 3 aromatic rings. The van der Waals surface area contributed by atoms with Crippen molar-refractivity contribution in [3.63, 3.8) is 0 Å². The Bertz CT molecular complexity index is 879. The minimum Gasteiger partial charge on any atom is -0.301 e. The Kier molecular flexibility index (Phi) is 7.36. The number of rotatable bonds is 8. The summed E-state index contributed by atoms with van der Waals surface area (Å²) in [4.78, 5) is 22.0. The van der Waals surface area contributed by atoms with Crippen LogP contribution in [0.15, 0.2) is 32.9 Å². The summed E-state index contributed by atoms with van der Waals surface area (Å²) in [6.45, 7) is 2.89. The molecule has 28 heavy (non-hydrogen) atoms. The maximum absolute atomic E-state index is 11.0. The van der Waals surface area contributed by atoms with Gasteiger partial charge in [-0.25, -0.2) is 0 Å². The number of hydrogen-bond acceptors (Lipinski definition) is 10. The second-order valence-corrected chi connectivity index (χ2v) is 9.90. The number of aromatic nitrogens is 4. The van der Waals surface area contributed by atoms with Crippen LogP contribution >= 0.6 is 46.2 Å². The van der Waals surface area contributed by atoms with E-state index in [1.807, 2.05) is 0 Å². The lowest BCUT2D eigenvalue weighted by molar-refractivity contribution is -0.115. The molecule has 12 heteroatoms. The normalized spacial score (nSPS) is 10.6. The van der Waals surface area contributed by atoms with Crippen LogP contribution < -0.4 is 10.6 Å². The SMILES string of the molecule is CC(=O)Nc1nnc(SCc2ccc(CSc3nnc(NC(C)=O)s3)cc2)s1. The number of hydrogen-bond donors (Lipinski definition) is 2. The number of amides is 2. The van der Waals surface area contributed by atoms with Crippen molar-refractivity contribution in [2.45, 2.75) is 34.0 Å². The quantitative estimate of drug-likeness (QED) is 0.391. The zero-order valence-electron chi connectivity index (χ0n) is 15.0. The van der Waals surface area contributed by atoms with Crippen LogP contribution in [0.4, 0.5) is 10.3 Å². The van der Waals surface area contributed by atoms with Gasteiger partial charge in [0.2, 0.25) is 22.1 Å². The van der Waals surface area contributed by atoms with Gasteiger partial charge in [0.25, 0.3) is 0 Å². The number of carbonyl (C=O) groups is 2. The van der Waals surface area contributed by atoms with E-state index in [-0.39, 0.29) is 11.8 Å². The molecule has 0 aliphatic rings. The Morgan fingerprint density at radius 3 is 1.54 bits per heavy atom. The van der Waals surface area contributed by atoms with Gasteiger partial charge in [0.15, 0.2) is 8.68 Å². The van der Waals surface area contributed by atoms with Crippen LogP contribution in [0.3, 0.4) is 0 Å². The topological polar surface area (TPSA) is 110 Å². The van der Waals surface area contributed by atoms with Gasteiger partial charge >= 0.3 is 0 Å². The number of carbonyl (C=O) groups excluding carboxylic acids is 2. The third-order valence-corrected chi connectivity index (χ3v) is 7.21. The highest BCUT2D eigenvalue weighted by Crippen LogP contribution is 2.30. The predicted octanol–water partition coefficient (Wildman–Crippen LogP) is 3.89. The molecule has 2 aromatic heterocycles. The highest BCUT2D eigenvalue weighted by Gasteiger charge is 2.08. The molecule has 1 aromatic carbocycles. The van der Waals surface area contributed by atoms with Gasteiger partial charge in [-0.05, 0) is 11.1 Å². The Hall–Kier alpha value is -2.02. The standard InChI is InChI=1S/C16H16N6O2S4/c1-9(23)17-13-19-21-15(27-13)25-7-11-3-5-12(6-4-11)8-26-16-22-20-14(28-16)18-10(2)24/h3-6H,7-8H2,1-2H3,(H,17,19,23)(H,18,20,24). The van der Waals surface area contributed by atoms with Gasteiger partial charge in [0.1, 0.15) is 0 Å². The molecule has 146 valence electrons. The van der Waals surface area contributed by atoms with Gasteiger partial charge in [-0.1, -0.05) is 70.5 Å². The van der Waals surface area contributed by atoms with Crippen molar-refractivity contribution in [2.75, 3.05) is 10.6 Å². The summed E-state index contributed by atoms with van der Waals surface area (Å²) < 4.78 is 1.63. The molecule has 0 atom stereocenters. The van der Waals surface area contributed by atoms with E-state index in [4.69, 9.17) is 0 Å². The van der Waals surface area contributed by atoms with Crippen LogP contribution in [-0.4, -0.2) is 32.2 Å². The van der Waals surface area contributed by atoms with Crippen molar-refractivity contribution in [1.29, 1.82) is 0 Å². The summed E-state index contributed by atoms with van der Waals surface area (Å²) >= 11 is 5.89. The van der Waals surface area contributed by atoms with E-state index in [9.17, 15) is 9.59 Å². The predicted molar refractivity (Wildman–Crippen MR) is 114 cm³/mol. The third-order valence-electron chi connectivity index (χ3n) is 3.13. The fourth-order valence-electron chi connectivity index (χ4n) is 1.96.